The van der Waals surface area contributed by atoms with Crippen molar-refractivity contribution in [1.29, 1.82) is 0 Å². The van der Waals surface area contributed by atoms with Gasteiger partial charge < -0.3 is 20.4 Å². The lowest BCUT2D eigenvalue weighted by molar-refractivity contribution is -0.120. The first-order chi connectivity index (χ1) is 15.0. The van der Waals surface area contributed by atoms with Crippen LogP contribution in [0.3, 0.4) is 0 Å². The third-order valence-corrected chi connectivity index (χ3v) is 4.98. The Balaban J connectivity index is 0.00000363. The molecule has 1 aliphatic rings. The highest BCUT2D eigenvalue weighted by atomic mass is 127. The molecule has 2 aromatic rings. The summed E-state index contributed by atoms with van der Waals surface area (Å²) in [5.41, 5.74) is 2.64. The number of halogens is 1. The number of benzene rings is 1. The van der Waals surface area contributed by atoms with Crippen LogP contribution in [0.1, 0.15) is 32.3 Å². The van der Waals surface area contributed by atoms with E-state index in [9.17, 15) is 9.59 Å². The summed E-state index contributed by atoms with van der Waals surface area (Å²) >= 11 is 0. The summed E-state index contributed by atoms with van der Waals surface area (Å²) in [6.45, 7) is 6.74. The van der Waals surface area contributed by atoms with E-state index in [1.165, 1.54) is 0 Å². The van der Waals surface area contributed by atoms with Gasteiger partial charge in [-0.05, 0) is 31.0 Å². The molecule has 1 fully saturated rings. The number of aliphatic imine (C=N–C) groups is 1. The molecule has 32 heavy (non-hydrogen) atoms. The third kappa shape index (κ3) is 6.94. The standard InChI is InChI=1S/C22H31N7O2.HI/c1-4-6-20(30)26-18-9-7-17(8-10-18)13-24-22(23-5-2)28-11-12-29(21(31)16-28)19-14-25-27(3)15-19;/h7-10,14-15H,4-6,11-13,16H2,1-3H3,(H,23,24)(H,26,30);1H. The predicted octanol–water partition coefficient (Wildman–Crippen LogP) is 2.59. The normalized spacial score (nSPS) is 14.2. The quantitative estimate of drug-likeness (QED) is 0.313. The third-order valence-electron chi connectivity index (χ3n) is 4.98. The van der Waals surface area contributed by atoms with E-state index in [1.54, 1.807) is 15.8 Å². The van der Waals surface area contributed by atoms with Crippen LogP contribution >= 0.6 is 24.0 Å². The number of carbonyl (C=O) groups excluding carboxylic acids is 2. The molecule has 0 spiro atoms. The maximum Gasteiger partial charge on any atom is 0.246 e. The summed E-state index contributed by atoms with van der Waals surface area (Å²) in [5.74, 6) is 0.775. The minimum absolute atomic E-state index is 0. The molecule has 0 radical (unpaired) electrons. The van der Waals surface area contributed by atoms with Crippen LogP contribution in [0.25, 0.3) is 0 Å². The van der Waals surface area contributed by atoms with Crippen LogP contribution < -0.4 is 15.5 Å². The Kier molecular flexibility index (Phi) is 9.95. The van der Waals surface area contributed by atoms with Crippen molar-refractivity contribution < 1.29 is 9.59 Å². The number of hydrogen-bond acceptors (Lipinski definition) is 4. The molecular formula is C22H32IN7O2. The Labute approximate surface area is 206 Å². The first-order valence-corrected chi connectivity index (χ1v) is 10.7. The van der Waals surface area contributed by atoms with E-state index in [4.69, 9.17) is 4.99 Å². The van der Waals surface area contributed by atoms with Crippen molar-refractivity contribution in [2.75, 3.05) is 36.4 Å². The second-order valence-corrected chi connectivity index (χ2v) is 7.50. The molecule has 0 unspecified atom stereocenters. The molecule has 2 amide bonds. The maximum absolute atomic E-state index is 12.7. The van der Waals surface area contributed by atoms with Gasteiger partial charge >= 0.3 is 0 Å². The van der Waals surface area contributed by atoms with E-state index in [0.717, 1.165) is 35.9 Å². The first-order valence-electron chi connectivity index (χ1n) is 10.7. The van der Waals surface area contributed by atoms with Crippen molar-refractivity contribution >= 4 is 53.1 Å². The number of carbonyl (C=O) groups is 2. The highest BCUT2D eigenvalue weighted by Gasteiger charge is 2.27. The number of amides is 2. The van der Waals surface area contributed by atoms with Crippen LogP contribution in [0, 0.1) is 0 Å². The Hall–Kier alpha value is -2.63. The molecule has 1 aromatic carbocycles. The Morgan fingerprint density at radius 3 is 2.53 bits per heavy atom. The number of hydrogen-bond donors (Lipinski definition) is 2. The molecule has 0 atom stereocenters. The minimum atomic E-state index is 0. The average Bonchev–Trinajstić information content (AvgIpc) is 3.18. The van der Waals surface area contributed by atoms with Gasteiger partial charge in [-0.3, -0.25) is 14.3 Å². The van der Waals surface area contributed by atoms with Gasteiger partial charge in [0.2, 0.25) is 11.8 Å². The minimum Gasteiger partial charge on any atom is -0.356 e. The molecule has 0 aliphatic carbocycles. The van der Waals surface area contributed by atoms with Gasteiger partial charge in [0.1, 0.15) is 6.54 Å². The fourth-order valence-electron chi connectivity index (χ4n) is 3.41. The lowest BCUT2D eigenvalue weighted by Crippen LogP contribution is -2.55. The number of aryl methyl sites for hydroxylation is 1. The monoisotopic (exact) mass is 553 g/mol. The van der Waals surface area contributed by atoms with Crippen LogP contribution in [0.5, 0.6) is 0 Å². The van der Waals surface area contributed by atoms with Crippen LogP contribution in [0.4, 0.5) is 11.4 Å². The summed E-state index contributed by atoms with van der Waals surface area (Å²) in [6.07, 6.45) is 4.90. The van der Waals surface area contributed by atoms with E-state index in [-0.39, 0.29) is 42.3 Å². The van der Waals surface area contributed by atoms with Crippen LogP contribution in [-0.2, 0) is 23.2 Å². The van der Waals surface area contributed by atoms with Crippen LogP contribution in [0.2, 0.25) is 0 Å². The number of guanidine groups is 1. The molecule has 0 bridgehead atoms. The molecule has 3 rings (SSSR count). The average molecular weight is 553 g/mol. The summed E-state index contributed by atoms with van der Waals surface area (Å²) in [7, 11) is 1.84. The highest BCUT2D eigenvalue weighted by Crippen LogP contribution is 2.16. The fraction of sp³-hybridized carbons (Fsp3) is 0.455. The fourth-order valence-corrected chi connectivity index (χ4v) is 3.41. The van der Waals surface area contributed by atoms with E-state index in [1.807, 2.05) is 56.3 Å². The Bertz CT molecular complexity index is 927. The van der Waals surface area contributed by atoms with Gasteiger partial charge in [0.25, 0.3) is 0 Å². The number of nitrogens with zero attached hydrogens (tertiary/aromatic N) is 5. The summed E-state index contributed by atoms with van der Waals surface area (Å²) in [5, 5.41) is 10.3. The SMILES string of the molecule is CCCC(=O)Nc1ccc(CN=C(NCC)N2CCN(c3cnn(C)c3)C(=O)C2)cc1.I. The number of anilines is 2. The molecule has 10 heteroatoms. The highest BCUT2D eigenvalue weighted by molar-refractivity contribution is 14.0. The lowest BCUT2D eigenvalue weighted by atomic mass is 10.2. The summed E-state index contributed by atoms with van der Waals surface area (Å²) < 4.78 is 1.70. The maximum atomic E-state index is 12.7. The predicted molar refractivity (Wildman–Crippen MR) is 137 cm³/mol. The smallest absolute Gasteiger partial charge is 0.246 e. The zero-order valence-electron chi connectivity index (χ0n) is 18.9. The van der Waals surface area contributed by atoms with Gasteiger partial charge in [0.05, 0.1) is 18.4 Å². The second-order valence-electron chi connectivity index (χ2n) is 7.50. The number of piperazine rings is 1. The molecule has 2 heterocycles. The lowest BCUT2D eigenvalue weighted by Gasteiger charge is -2.35. The van der Waals surface area contributed by atoms with Crippen molar-refractivity contribution in [2.24, 2.45) is 12.0 Å². The van der Waals surface area contributed by atoms with E-state index >= 15 is 0 Å². The van der Waals surface area contributed by atoms with Crippen molar-refractivity contribution in [2.45, 2.75) is 33.2 Å². The largest absolute Gasteiger partial charge is 0.356 e. The van der Waals surface area contributed by atoms with E-state index in [0.29, 0.717) is 26.1 Å². The zero-order valence-corrected chi connectivity index (χ0v) is 21.2. The van der Waals surface area contributed by atoms with Crippen molar-refractivity contribution in [3.63, 3.8) is 0 Å². The Morgan fingerprint density at radius 1 is 1.19 bits per heavy atom. The molecule has 2 N–H and O–H groups in total. The topological polar surface area (TPSA) is 94.9 Å². The molecule has 0 saturated carbocycles. The van der Waals surface area contributed by atoms with Crippen molar-refractivity contribution in [3.05, 3.63) is 42.2 Å². The Morgan fingerprint density at radius 2 is 1.94 bits per heavy atom. The van der Waals surface area contributed by atoms with Gasteiger partial charge in [0, 0.05) is 45.0 Å². The molecular weight excluding hydrogens is 521 g/mol. The van der Waals surface area contributed by atoms with E-state index in [2.05, 4.69) is 15.7 Å². The van der Waals surface area contributed by atoms with Gasteiger partial charge in [0.15, 0.2) is 5.96 Å². The summed E-state index contributed by atoms with van der Waals surface area (Å²) in [4.78, 5) is 32.9. The number of rotatable bonds is 7. The van der Waals surface area contributed by atoms with E-state index < -0.39 is 0 Å². The van der Waals surface area contributed by atoms with Gasteiger partial charge in [-0.1, -0.05) is 19.1 Å². The molecule has 1 aliphatic heterocycles. The van der Waals surface area contributed by atoms with Crippen molar-refractivity contribution in [3.8, 4) is 0 Å². The molecule has 174 valence electrons. The zero-order chi connectivity index (χ0) is 22.2. The number of nitrogens with one attached hydrogen (secondary N) is 2. The second kappa shape index (κ2) is 12.4. The van der Waals surface area contributed by atoms with Gasteiger partial charge in [-0.2, -0.15) is 5.10 Å². The number of aromatic nitrogens is 2. The van der Waals surface area contributed by atoms with Crippen LogP contribution in [-0.4, -0.2) is 58.6 Å². The van der Waals surface area contributed by atoms with Gasteiger partial charge in [-0.15, -0.1) is 24.0 Å². The van der Waals surface area contributed by atoms with Crippen molar-refractivity contribution in [1.82, 2.24) is 20.0 Å². The van der Waals surface area contributed by atoms with Gasteiger partial charge in [-0.25, -0.2) is 4.99 Å². The first kappa shape index (κ1) is 25.6. The summed E-state index contributed by atoms with van der Waals surface area (Å²) in [6, 6.07) is 7.70. The molecule has 1 saturated heterocycles. The molecule has 9 nitrogen and oxygen atoms in total. The van der Waals surface area contributed by atoms with Crippen LogP contribution in [0.15, 0.2) is 41.7 Å². The molecule has 1 aromatic heterocycles.